The number of hydrogen-bond acceptors (Lipinski definition) is 3. The number of likely N-dealkylation sites (tertiary alicyclic amines) is 1. The molecule has 1 saturated heterocycles. The van der Waals surface area contributed by atoms with E-state index in [1.807, 2.05) is 25.1 Å². The Morgan fingerprint density at radius 2 is 2.15 bits per heavy atom. The van der Waals surface area contributed by atoms with Gasteiger partial charge in [0.05, 0.1) is 11.0 Å². The highest BCUT2D eigenvalue weighted by Gasteiger charge is 2.27. The van der Waals surface area contributed by atoms with E-state index in [4.69, 9.17) is 17.0 Å². The predicted molar refractivity (Wildman–Crippen MR) is 83.7 cm³/mol. The van der Waals surface area contributed by atoms with Crippen molar-refractivity contribution in [3.05, 3.63) is 35.9 Å². The Hall–Kier alpha value is -1.42. The van der Waals surface area contributed by atoms with E-state index in [2.05, 4.69) is 17.0 Å². The Kier molecular flexibility index (Phi) is 5.53. The van der Waals surface area contributed by atoms with Gasteiger partial charge in [-0.1, -0.05) is 49.5 Å². The van der Waals surface area contributed by atoms with Crippen LogP contribution in [0.2, 0.25) is 0 Å². The molecule has 1 fully saturated rings. The molecule has 1 atom stereocenters. The second-order valence-corrected chi connectivity index (χ2v) is 5.55. The predicted octanol–water partition coefficient (Wildman–Crippen LogP) is 2.97. The van der Waals surface area contributed by atoms with Gasteiger partial charge in [-0.3, -0.25) is 4.79 Å². The fourth-order valence-corrected chi connectivity index (χ4v) is 2.91. The van der Waals surface area contributed by atoms with Gasteiger partial charge >= 0.3 is 5.97 Å². The van der Waals surface area contributed by atoms with Crippen molar-refractivity contribution in [3.63, 3.8) is 0 Å². The molecule has 108 valence electrons. The molecular weight excluding hydrogens is 270 g/mol. The Balaban J connectivity index is 1.89. The maximum Gasteiger partial charge on any atom is 0.305 e. The van der Waals surface area contributed by atoms with Crippen molar-refractivity contribution in [2.45, 2.75) is 38.6 Å². The van der Waals surface area contributed by atoms with Gasteiger partial charge < -0.3 is 9.64 Å². The molecule has 1 heterocycles. The molecule has 0 unspecified atom stereocenters. The van der Waals surface area contributed by atoms with Crippen LogP contribution in [0, 0.1) is 0 Å². The first kappa shape index (κ1) is 15.0. The molecule has 0 spiro atoms. The number of nitrogens with zero attached hydrogens (tertiary/aromatic N) is 1. The highest BCUT2D eigenvalue weighted by Crippen LogP contribution is 2.20. The quantitative estimate of drug-likeness (QED) is 0.616. The minimum Gasteiger partial charge on any atom is -0.463 e. The summed E-state index contributed by atoms with van der Waals surface area (Å²) in [5, 5.41) is 0. The highest BCUT2D eigenvalue weighted by molar-refractivity contribution is 7.80. The summed E-state index contributed by atoms with van der Waals surface area (Å²) >= 11 is 5.57. The van der Waals surface area contributed by atoms with Crippen molar-refractivity contribution in [1.29, 1.82) is 0 Å². The molecule has 1 aromatic rings. The van der Waals surface area contributed by atoms with Crippen LogP contribution in [0.5, 0.6) is 0 Å². The van der Waals surface area contributed by atoms with Crippen LogP contribution < -0.4 is 0 Å². The topological polar surface area (TPSA) is 29.5 Å². The Labute approximate surface area is 125 Å². The van der Waals surface area contributed by atoms with Gasteiger partial charge in [0, 0.05) is 19.4 Å². The largest absolute Gasteiger partial charge is 0.463 e. The summed E-state index contributed by atoms with van der Waals surface area (Å²) in [5.41, 5.74) is 1.23. The van der Waals surface area contributed by atoms with Gasteiger partial charge in [0.2, 0.25) is 0 Å². The molecule has 3 nitrogen and oxygen atoms in total. The minimum atomic E-state index is -0.133. The molecule has 0 aliphatic carbocycles. The summed E-state index contributed by atoms with van der Waals surface area (Å²) in [4.78, 5) is 14.4. The summed E-state index contributed by atoms with van der Waals surface area (Å²) in [6.45, 7) is 3.25. The zero-order chi connectivity index (χ0) is 14.4. The summed E-state index contributed by atoms with van der Waals surface area (Å²) in [5.74, 6) is -0.133. The van der Waals surface area contributed by atoms with Gasteiger partial charge in [0.15, 0.2) is 0 Å². The van der Waals surface area contributed by atoms with Crippen LogP contribution in [-0.2, 0) is 16.0 Å². The first-order chi connectivity index (χ1) is 9.70. The Bertz CT molecular complexity index is 461. The summed E-state index contributed by atoms with van der Waals surface area (Å²) in [7, 11) is 0. The van der Waals surface area contributed by atoms with Gasteiger partial charge in [-0.2, -0.15) is 0 Å². The van der Waals surface area contributed by atoms with E-state index in [0.29, 0.717) is 13.0 Å². The Morgan fingerprint density at radius 1 is 1.40 bits per heavy atom. The SMILES string of the molecule is CCC(=O)OC[C@@H]1CCCN1C(=S)Cc1ccccc1. The second kappa shape index (κ2) is 7.39. The standard InChI is InChI=1S/C16H21NO2S/c1-2-16(18)19-12-14-9-6-10-17(14)15(20)11-13-7-4-3-5-8-13/h3-5,7-8,14H,2,6,9-12H2,1H3/t14-/m0/s1. The third kappa shape index (κ3) is 4.04. The number of benzene rings is 1. The van der Waals surface area contributed by atoms with Gasteiger partial charge in [-0.15, -0.1) is 0 Å². The van der Waals surface area contributed by atoms with Crippen LogP contribution in [-0.4, -0.2) is 35.1 Å². The number of thiocarbonyl (C=S) groups is 1. The lowest BCUT2D eigenvalue weighted by Gasteiger charge is -2.27. The Morgan fingerprint density at radius 3 is 2.85 bits per heavy atom. The molecule has 0 N–H and O–H groups in total. The van der Waals surface area contributed by atoms with Crippen LogP contribution in [0.3, 0.4) is 0 Å². The van der Waals surface area contributed by atoms with E-state index < -0.39 is 0 Å². The molecule has 1 aromatic carbocycles. The maximum absolute atomic E-state index is 11.3. The fourth-order valence-electron chi connectivity index (χ4n) is 2.50. The van der Waals surface area contributed by atoms with Gasteiger partial charge in [-0.05, 0) is 18.4 Å². The molecule has 0 bridgehead atoms. The molecule has 1 aliphatic heterocycles. The summed E-state index contributed by atoms with van der Waals surface area (Å²) < 4.78 is 5.27. The third-order valence-corrected chi connectivity index (χ3v) is 4.00. The number of hydrogen-bond donors (Lipinski definition) is 0. The zero-order valence-corrected chi connectivity index (χ0v) is 12.7. The van der Waals surface area contributed by atoms with Gasteiger partial charge in [-0.25, -0.2) is 0 Å². The molecule has 0 saturated carbocycles. The lowest BCUT2D eigenvalue weighted by molar-refractivity contribution is -0.144. The van der Waals surface area contributed by atoms with Crippen LogP contribution in [0.15, 0.2) is 30.3 Å². The van der Waals surface area contributed by atoms with Crippen molar-refractivity contribution in [1.82, 2.24) is 4.90 Å². The van der Waals surface area contributed by atoms with E-state index in [-0.39, 0.29) is 12.0 Å². The number of esters is 1. The van der Waals surface area contributed by atoms with E-state index in [9.17, 15) is 4.79 Å². The number of carbonyl (C=O) groups excluding carboxylic acids is 1. The van der Waals surface area contributed by atoms with Crippen molar-refractivity contribution in [3.8, 4) is 0 Å². The van der Waals surface area contributed by atoms with Crippen LogP contribution in [0.1, 0.15) is 31.7 Å². The van der Waals surface area contributed by atoms with Crippen LogP contribution in [0.25, 0.3) is 0 Å². The molecule has 2 rings (SSSR count). The smallest absolute Gasteiger partial charge is 0.305 e. The minimum absolute atomic E-state index is 0.133. The van der Waals surface area contributed by atoms with Crippen LogP contribution in [0.4, 0.5) is 0 Å². The average molecular weight is 291 g/mol. The first-order valence-electron chi connectivity index (χ1n) is 7.19. The molecule has 20 heavy (non-hydrogen) atoms. The van der Waals surface area contributed by atoms with Gasteiger partial charge in [0.25, 0.3) is 0 Å². The van der Waals surface area contributed by atoms with Gasteiger partial charge in [0.1, 0.15) is 6.61 Å². The second-order valence-electron chi connectivity index (χ2n) is 5.08. The van der Waals surface area contributed by atoms with Crippen molar-refractivity contribution >= 4 is 23.2 Å². The molecular formula is C16H21NO2S. The average Bonchev–Trinajstić information content (AvgIpc) is 2.94. The van der Waals surface area contributed by atoms with E-state index in [1.54, 1.807) is 0 Å². The molecule has 0 amide bonds. The van der Waals surface area contributed by atoms with Crippen molar-refractivity contribution in [2.75, 3.05) is 13.2 Å². The molecule has 4 heteroatoms. The van der Waals surface area contributed by atoms with E-state index in [1.165, 1.54) is 5.56 Å². The fraction of sp³-hybridized carbons (Fsp3) is 0.500. The van der Waals surface area contributed by atoms with Crippen molar-refractivity contribution in [2.24, 2.45) is 0 Å². The monoisotopic (exact) mass is 291 g/mol. The highest BCUT2D eigenvalue weighted by atomic mass is 32.1. The number of rotatable bonds is 5. The normalized spacial score (nSPS) is 18.1. The first-order valence-corrected chi connectivity index (χ1v) is 7.60. The number of carbonyl (C=O) groups is 1. The van der Waals surface area contributed by atoms with Crippen molar-refractivity contribution < 1.29 is 9.53 Å². The van der Waals surface area contributed by atoms with E-state index >= 15 is 0 Å². The lowest BCUT2D eigenvalue weighted by Crippen LogP contribution is -2.38. The zero-order valence-electron chi connectivity index (χ0n) is 11.9. The lowest BCUT2D eigenvalue weighted by atomic mass is 10.1. The molecule has 1 aliphatic rings. The molecule has 0 aromatic heterocycles. The van der Waals surface area contributed by atoms with E-state index in [0.717, 1.165) is 30.8 Å². The maximum atomic E-state index is 11.3. The van der Waals surface area contributed by atoms with Crippen LogP contribution >= 0.6 is 12.2 Å². The summed E-state index contributed by atoms with van der Waals surface area (Å²) in [6.07, 6.45) is 3.38. The molecule has 0 radical (unpaired) electrons. The number of ether oxygens (including phenoxy) is 1. The summed E-state index contributed by atoms with van der Waals surface area (Å²) in [6, 6.07) is 10.5. The third-order valence-electron chi connectivity index (χ3n) is 3.62.